The number of carbonyl (C=O) groups is 1. The van der Waals surface area contributed by atoms with Crippen molar-refractivity contribution in [2.45, 2.75) is 32.0 Å². The number of rotatable bonds is 5. The predicted octanol–water partition coefficient (Wildman–Crippen LogP) is 5.17. The van der Waals surface area contributed by atoms with Gasteiger partial charge >= 0.3 is 6.36 Å². The van der Waals surface area contributed by atoms with Crippen molar-refractivity contribution in [3.8, 4) is 17.0 Å². The number of fused-ring (bicyclic) bond motifs is 1. The summed E-state index contributed by atoms with van der Waals surface area (Å²) in [7, 11) is 0. The maximum atomic E-state index is 13.8. The van der Waals surface area contributed by atoms with Gasteiger partial charge < -0.3 is 10.1 Å². The van der Waals surface area contributed by atoms with Crippen molar-refractivity contribution in [1.82, 2.24) is 9.38 Å². The molecule has 1 aliphatic rings. The zero-order chi connectivity index (χ0) is 20.6. The van der Waals surface area contributed by atoms with Crippen molar-refractivity contribution in [1.29, 1.82) is 0 Å². The molecule has 3 aromatic rings. The Bertz CT molecular complexity index is 1040. The topological polar surface area (TPSA) is 55.6 Å². The van der Waals surface area contributed by atoms with Crippen LogP contribution in [0.1, 0.15) is 25.7 Å². The highest BCUT2D eigenvalue weighted by Crippen LogP contribution is 2.33. The van der Waals surface area contributed by atoms with Gasteiger partial charge in [0.1, 0.15) is 17.2 Å². The third-order valence-corrected chi connectivity index (χ3v) is 4.90. The van der Waals surface area contributed by atoms with E-state index in [9.17, 15) is 22.4 Å². The second kappa shape index (κ2) is 7.38. The number of amides is 1. The quantitative estimate of drug-likeness (QED) is 0.594. The number of carbonyl (C=O) groups excluding carboxylic acids is 1. The Morgan fingerprint density at radius 3 is 2.52 bits per heavy atom. The second-order valence-electron chi connectivity index (χ2n) is 7.01. The van der Waals surface area contributed by atoms with Crippen LogP contribution in [0.5, 0.6) is 5.75 Å². The van der Waals surface area contributed by atoms with Crippen LogP contribution in [0.3, 0.4) is 0 Å². The van der Waals surface area contributed by atoms with Crippen LogP contribution in [-0.2, 0) is 4.79 Å². The third-order valence-electron chi connectivity index (χ3n) is 4.90. The number of hydrogen-bond donors (Lipinski definition) is 1. The lowest BCUT2D eigenvalue weighted by Gasteiger charge is -2.24. The SMILES string of the molecule is O=C(CC1CCC1)Nc1nc2ccc(F)cn2c1-c1ccc(OC(F)(F)F)cc1. The summed E-state index contributed by atoms with van der Waals surface area (Å²) in [6, 6.07) is 7.81. The van der Waals surface area contributed by atoms with Crippen LogP contribution in [0.2, 0.25) is 0 Å². The van der Waals surface area contributed by atoms with Crippen molar-refractivity contribution in [2.24, 2.45) is 5.92 Å². The van der Waals surface area contributed by atoms with Gasteiger partial charge in [0.15, 0.2) is 5.82 Å². The fraction of sp³-hybridized carbons (Fsp3) is 0.300. The van der Waals surface area contributed by atoms with Crippen LogP contribution in [0, 0.1) is 11.7 Å². The number of pyridine rings is 1. The van der Waals surface area contributed by atoms with E-state index in [4.69, 9.17) is 0 Å². The molecule has 1 saturated carbocycles. The summed E-state index contributed by atoms with van der Waals surface area (Å²) in [5.41, 5.74) is 1.23. The monoisotopic (exact) mass is 407 g/mol. The van der Waals surface area contributed by atoms with Gasteiger partial charge in [-0.15, -0.1) is 13.2 Å². The van der Waals surface area contributed by atoms with Crippen molar-refractivity contribution in [3.63, 3.8) is 0 Å². The fourth-order valence-electron chi connectivity index (χ4n) is 3.34. The Balaban J connectivity index is 1.69. The number of anilines is 1. The minimum Gasteiger partial charge on any atom is -0.406 e. The number of nitrogens with zero attached hydrogens (tertiary/aromatic N) is 2. The van der Waals surface area contributed by atoms with E-state index in [1.165, 1.54) is 34.9 Å². The van der Waals surface area contributed by atoms with E-state index in [1.54, 1.807) is 0 Å². The first-order valence-electron chi connectivity index (χ1n) is 9.12. The van der Waals surface area contributed by atoms with Gasteiger partial charge in [-0.1, -0.05) is 6.42 Å². The maximum Gasteiger partial charge on any atom is 0.573 e. The van der Waals surface area contributed by atoms with Crippen LogP contribution >= 0.6 is 0 Å². The summed E-state index contributed by atoms with van der Waals surface area (Å²) < 4.78 is 56.3. The van der Waals surface area contributed by atoms with E-state index in [1.807, 2.05) is 0 Å². The van der Waals surface area contributed by atoms with Crippen molar-refractivity contribution in [3.05, 3.63) is 48.4 Å². The van der Waals surface area contributed by atoms with Gasteiger partial charge in [-0.2, -0.15) is 0 Å². The number of benzene rings is 1. The molecule has 2 heterocycles. The van der Waals surface area contributed by atoms with E-state index in [-0.39, 0.29) is 17.5 Å². The number of ether oxygens (including phenoxy) is 1. The molecule has 5 nitrogen and oxygen atoms in total. The van der Waals surface area contributed by atoms with Gasteiger partial charge in [-0.05, 0) is 55.2 Å². The van der Waals surface area contributed by atoms with Gasteiger partial charge in [0, 0.05) is 18.2 Å². The molecule has 2 aromatic heterocycles. The van der Waals surface area contributed by atoms with Gasteiger partial charge in [-0.25, -0.2) is 9.37 Å². The van der Waals surface area contributed by atoms with E-state index in [0.29, 0.717) is 29.2 Å². The number of nitrogens with one attached hydrogen (secondary N) is 1. The van der Waals surface area contributed by atoms with E-state index in [2.05, 4.69) is 15.0 Å². The molecule has 29 heavy (non-hydrogen) atoms. The molecule has 4 rings (SSSR count). The Labute approximate surface area is 163 Å². The van der Waals surface area contributed by atoms with E-state index < -0.39 is 12.2 Å². The first kappa shape index (κ1) is 19.2. The lowest BCUT2D eigenvalue weighted by atomic mass is 9.83. The Hall–Kier alpha value is -3.10. The molecule has 1 amide bonds. The molecule has 1 N–H and O–H groups in total. The lowest BCUT2D eigenvalue weighted by Crippen LogP contribution is -2.21. The van der Waals surface area contributed by atoms with E-state index in [0.717, 1.165) is 31.4 Å². The second-order valence-corrected chi connectivity index (χ2v) is 7.01. The molecule has 9 heteroatoms. The molecular formula is C20H17F4N3O2. The maximum absolute atomic E-state index is 13.8. The van der Waals surface area contributed by atoms with Gasteiger partial charge in [0.2, 0.25) is 5.91 Å². The number of aromatic nitrogens is 2. The molecule has 1 aromatic carbocycles. The highest BCUT2D eigenvalue weighted by Gasteiger charge is 2.31. The zero-order valence-corrected chi connectivity index (χ0v) is 15.2. The predicted molar refractivity (Wildman–Crippen MR) is 97.9 cm³/mol. The molecule has 0 unspecified atom stereocenters. The highest BCUT2D eigenvalue weighted by atomic mass is 19.4. The summed E-state index contributed by atoms with van der Waals surface area (Å²) in [5.74, 6) is -0.509. The molecule has 0 aliphatic heterocycles. The first-order chi connectivity index (χ1) is 13.8. The largest absolute Gasteiger partial charge is 0.573 e. The molecule has 0 radical (unpaired) electrons. The Kier molecular flexibility index (Phi) is 4.89. The summed E-state index contributed by atoms with van der Waals surface area (Å²) in [4.78, 5) is 16.7. The number of hydrogen-bond acceptors (Lipinski definition) is 3. The lowest BCUT2D eigenvalue weighted by molar-refractivity contribution is -0.274. The fourth-order valence-corrected chi connectivity index (χ4v) is 3.34. The molecule has 152 valence electrons. The summed E-state index contributed by atoms with van der Waals surface area (Å²) in [6.07, 6.45) is -0.0775. The number of halogens is 4. The third kappa shape index (κ3) is 4.33. The van der Waals surface area contributed by atoms with Gasteiger partial charge in [0.25, 0.3) is 0 Å². The molecule has 1 aliphatic carbocycles. The standard InChI is InChI=1S/C20H17F4N3O2/c21-14-6-9-16-25-19(26-17(28)10-12-2-1-3-12)18(27(16)11-14)13-4-7-15(8-5-13)29-20(22,23)24/h4-9,11-12H,1-3,10H2,(H,26,28). The van der Waals surface area contributed by atoms with Crippen molar-refractivity contribution in [2.75, 3.05) is 5.32 Å². The van der Waals surface area contributed by atoms with Crippen molar-refractivity contribution < 1.29 is 27.1 Å². The molecule has 1 fully saturated rings. The van der Waals surface area contributed by atoms with Gasteiger partial charge in [0.05, 0.1) is 5.69 Å². The number of imidazole rings is 1. The molecule has 0 spiro atoms. The minimum atomic E-state index is -4.80. The normalized spacial score (nSPS) is 14.6. The smallest absolute Gasteiger partial charge is 0.406 e. The Morgan fingerprint density at radius 1 is 1.17 bits per heavy atom. The molecular weight excluding hydrogens is 390 g/mol. The zero-order valence-electron chi connectivity index (χ0n) is 15.2. The van der Waals surface area contributed by atoms with Crippen LogP contribution in [0.4, 0.5) is 23.4 Å². The summed E-state index contributed by atoms with van der Waals surface area (Å²) in [5, 5.41) is 2.77. The average molecular weight is 407 g/mol. The number of alkyl halides is 3. The highest BCUT2D eigenvalue weighted by molar-refractivity contribution is 5.94. The van der Waals surface area contributed by atoms with Crippen LogP contribution in [-0.4, -0.2) is 21.7 Å². The van der Waals surface area contributed by atoms with Crippen LogP contribution in [0.25, 0.3) is 16.9 Å². The summed E-state index contributed by atoms with van der Waals surface area (Å²) in [6.45, 7) is 0. The molecule has 0 bridgehead atoms. The molecule has 0 saturated heterocycles. The van der Waals surface area contributed by atoms with Crippen LogP contribution < -0.4 is 10.1 Å². The summed E-state index contributed by atoms with van der Waals surface area (Å²) >= 11 is 0. The molecule has 0 atom stereocenters. The Morgan fingerprint density at radius 2 is 1.90 bits per heavy atom. The first-order valence-corrected chi connectivity index (χ1v) is 9.12. The average Bonchev–Trinajstić information content (AvgIpc) is 2.94. The van der Waals surface area contributed by atoms with Crippen LogP contribution in [0.15, 0.2) is 42.6 Å². The van der Waals surface area contributed by atoms with E-state index >= 15 is 0 Å². The minimum absolute atomic E-state index is 0.197. The van der Waals surface area contributed by atoms with Crippen molar-refractivity contribution >= 4 is 17.4 Å². The van der Waals surface area contributed by atoms with Gasteiger partial charge in [-0.3, -0.25) is 9.20 Å².